The second-order valence-electron chi connectivity index (χ2n) is 5.78. The maximum atomic E-state index is 13.3. The third kappa shape index (κ3) is 3.66. The molecule has 8 heteroatoms. The first-order chi connectivity index (χ1) is 13.1. The van der Waals surface area contributed by atoms with Crippen LogP contribution in [0.15, 0.2) is 55.0 Å². The molecule has 0 saturated heterocycles. The van der Waals surface area contributed by atoms with Gasteiger partial charge in [-0.2, -0.15) is 5.26 Å². The average Bonchev–Trinajstić information content (AvgIpc) is 3.10. The number of nitrogens with zero attached hydrogens (tertiary/aromatic N) is 3. The van der Waals surface area contributed by atoms with E-state index >= 15 is 0 Å². The quantitative estimate of drug-likeness (QED) is 0.459. The molecule has 0 fully saturated rings. The first kappa shape index (κ1) is 16.8. The fraction of sp³-hybridized carbons (Fsp3) is 0. The lowest BCUT2D eigenvalue weighted by Gasteiger charge is -2.11. The smallest absolute Gasteiger partial charge is 0.144 e. The van der Waals surface area contributed by atoms with Crippen LogP contribution in [0.5, 0.6) is 0 Å². The van der Waals surface area contributed by atoms with Gasteiger partial charge in [-0.05, 0) is 24.3 Å². The largest absolute Gasteiger partial charge is 0.361 e. The molecule has 1 aromatic carbocycles. The van der Waals surface area contributed by atoms with E-state index in [9.17, 15) is 9.65 Å². The predicted molar refractivity (Wildman–Crippen MR) is 103 cm³/mol. The van der Waals surface area contributed by atoms with Gasteiger partial charge in [0.25, 0.3) is 0 Å². The van der Waals surface area contributed by atoms with Crippen LogP contribution in [0.25, 0.3) is 10.9 Å². The SMILES string of the molecule is N#Cc1cc(Nc2cncc(F)c2)cc(Nc2cc(Cl)c3cc[nH]c3c2)n1. The number of pyridine rings is 2. The molecule has 0 bridgehead atoms. The molecule has 3 N–H and O–H groups in total. The molecule has 3 heterocycles. The van der Waals surface area contributed by atoms with Gasteiger partial charge >= 0.3 is 0 Å². The van der Waals surface area contributed by atoms with Gasteiger partial charge in [0.1, 0.15) is 23.4 Å². The van der Waals surface area contributed by atoms with Gasteiger partial charge in [-0.1, -0.05) is 11.6 Å². The van der Waals surface area contributed by atoms with E-state index in [0.717, 1.165) is 22.8 Å². The second kappa shape index (κ2) is 6.94. The molecule has 4 aromatic rings. The molecule has 4 rings (SSSR count). The number of halogens is 2. The minimum atomic E-state index is -0.457. The molecule has 3 aromatic heterocycles. The van der Waals surface area contributed by atoms with E-state index in [-0.39, 0.29) is 5.69 Å². The van der Waals surface area contributed by atoms with Crippen LogP contribution in [-0.4, -0.2) is 15.0 Å². The van der Waals surface area contributed by atoms with Gasteiger partial charge < -0.3 is 15.6 Å². The highest BCUT2D eigenvalue weighted by molar-refractivity contribution is 6.35. The molecule has 27 heavy (non-hydrogen) atoms. The predicted octanol–water partition coefficient (Wildman–Crippen LogP) is 5.11. The fourth-order valence-corrected chi connectivity index (χ4v) is 2.99. The minimum Gasteiger partial charge on any atom is -0.361 e. The number of fused-ring (bicyclic) bond motifs is 1. The molecule has 0 aliphatic heterocycles. The lowest BCUT2D eigenvalue weighted by molar-refractivity contribution is 0.622. The number of aromatic nitrogens is 3. The number of benzene rings is 1. The fourth-order valence-electron chi connectivity index (χ4n) is 2.71. The second-order valence-corrected chi connectivity index (χ2v) is 6.18. The van der Waals surface area contributed by atoms with Crippen LogP contribution in [0.2, 0.25) is 5.02 Å². The Morgan fingerprint density at radius 3 is 2.70 bits per heavy atom. The third-order valence-corrected chi connectivity index (χ3v) is 4.14. The highest BCUT2D eigenvalue weighted by Gasteiger charge is 2.07. The van der Waals surface area contributed by atoms with Gasteiger partial charge in [-0.25, -0.2) is 9.37 Å². The minimum absolute atomic E-state index is 0.207. The Labute approximate surface area is 158 Å². The summed E-state index contributed by atoms with van der Waals surface area (Å²) in [6, 6.07) is 12.2. The van der Waals surface area contributed by atoms with E-state index in [1.165, 1.54) is 12.3 Å². The first-order valence-corrected chi connectivity index (χ1v) is 8.32. The average molecular weight is 379 g/mol. The van der Waals surface area contributed by atoms with Crippen molar-refractivity contribution in [1.82, 2.24) is 15.0 Å². The molecule has 0 radical (unpaired) electrons. The molecule has 0 aliphatic rings. The first-order valence-electron chi connectivity index (χ1n) is 7.94. The van der Waals surface area contributed by atoms with Crippen molar-refractivity contribution < 1.29 is 4.39 Å². The number of hydrogen-bond acceptors (Lipinski definition) is 5. The molecule has 6 nitrogen and oxygen atoms in total. The lowest BCUT2D eigenvalue weighted by atomic mass is 10.2. The molecule has 0 spiro atoms. The van der Waals surface area contributed by atoms with E-state index in [0.29, 0.717) is 22.2 Å². The highest BCUT2D eigenvalue weighted by atomic mass is 35.5. The van der Waals surface area contributed by atoms with Crippen LogP contribution in [-0.2, 0) is 0 Å². The van der Waals surface area contributed by atoms with E-state index in [1.54, 1.807) is 18.2 Å². The van der Waals surface area contributed by atoms with Gasteiger partial charge in [-0.3, -0.25) is 4.98 Å². The number of nitriles is 1. The van der Waals surface area contributed by atoms with E-state index in [4.69, 9.17) is 11.6 Å². The van der Waals surface area contributed by atoms with Crippen LogP contribution in [0.3, 0.4) is 0 Å². The Balaban J connectivity index is 1.66. The van der Waals surface area contributed by atoms with Crippen molar-refractivity contribution in [1.29, 1.82) is 5.26 Å². The van der Waals surface area contributed by atoms with Crippen molar-refractivity contribution >= 4 is 45.4 Å². The van der Waals surface area contributed by atoms with Crippen LogP contribution < -0.4 is 10.6 Å². The third-order valence-electron chi connectivity index (χ3n) is 3.82. The van der Waals surface area contributed by atoms with Gasteiger partial charge in [0.2, 0.25) is 0 Å². The number of nitrogens with one attached hydrogen (secondary N) is 3. The van der Waals surface area contributed by atoms with Crippen molar-refractivity contribution in [3.63, 3.8) is 0 Å². The Kier molecular flexibility index (Phi) is 4.32. The van der Waals surface area contributed by atoms with Crippen molar-refractivity contribution in [2.24, 2.45) is 0 Å². The van der Waals surface area contributed by atoms with Crippen molar-refractivity contribution in [2.75, 3.05) is 10.6 Å². The molecule has 0 amide bonds. The summed E-state index contributed by atoms with van der Waals surface area (Å²) in [7, 11) is 0. The van der Waals surface area contributed by atoms with Crippen LogP contribution in [0.4, 0.5) is 27.3 Å². The zero-order valence-electron chi connectivity index (χ0n) is 13.8. The summed E-state index contributed by atoms with van der Waals surface area (Å²) in [4.78, 5) is 11.1. The number of hydrogen-bond donors (Lipinski definition) is 3. The molecular weight excluding hydrogens is 367 g/mol. The maximum Gasteiger partial charge on any atom is 0.144 e. The standard InChI is InChI=1S/C19H12ClFN6/c20-17-5-13(6-18-16(17)1-2-24-18)26-19-7-12(4-14(8-22)27-19)25-15-3-11(21)9-23-10-15/h1-7,9-10,24H,(H2,25,26,27). The van der Waals surface area contributed by atoms with Crippen LogP contribution >= 0.6 is 11.6 Å². The zero-order valence-corrected chi connectivity index (χ0v) is 14.5. The molecule has 132 valence electrons. The van der Waals surface area contributed by atoms with E-state index in [1.807, 2.05) is 24.4 Å². The normalized spacial score (nSPS) is 10.6. The van der Waals surface area contributed by atoms with Gasteiger partial charge in [0.15, 0.2) is 0 Å². The number of H-pyrrole nitrogens is 1. The van der Waals surface area contributed by atoms with Gasteiger partial charge in [0.05, 0.1) is 23.1 Å². The lowest BCUT2D eigenvalue weighted by Crippen LogP contribution is -1.99. The van der Waals surface area contributed by atoms with Gasteiger partial charge in [0, 0.05) is 40.6 Å². The van der Waals surface area contributed by atoms with Crippen molar-refractivity contribution in [2.45, 2.75) is 0 Å². The molecule has 0 unspecified atom stereocenters. The number of aromatic amines is 1. The number of anilines is 4. The highest BCUT2D eigenvalue weighted by Crippen LogP contribution is 2.29. The topological polar surface area (TPSA) is 89.4 Å². The Bertz CT molecular complexity index is 1180. The summed E-state index contributed by atoms with van der Waals surface area (Å²) < 4.78 is 13.3. The summed E-state index contributed by atoms with van der Waals surface area (Å²) >= 11 is 6.29. The number of rotatable bonds is 4. The van der Waals surface area contributed by atoms with Crippen LogP contribution in [0.1, 0.15) is 5.69 Å². The zero-order chi connectivity index (χ0) is 18.8. The van der Waals surface area contributed by atoms with Crippen molar-refractivity contribution in [3.05, 3.63) is 71.5 Å². The molecule has 0 atom stereocenters. The molecule has 0 saturated carbocycles. The summed E-state index contributed by atoms with van der Waals surface area (Å²) in [6.07, 6.45) is 4.41. The summed E-state index contributed by atoms with van der Waals surface area (Å²) in [6.45, 7) is 0. The summed E-state index contributed by atoms with van der Waals surface area (Å²) in [5, 5.41) is 16.9. The van der Waals surface area contributed by atoms with Crippen molar-refractivity contribution in [3.8, 4) is 6.07 Å². The Morgan fingerprint density at radius 1 is 1.04 bits per heavy atom. The Morgan fingerprint density at radius 2 is 1.89 bits per heavy atom. The van der Waals surface area contributed by atoms with E-state index < -0.39 is 5.82 Å². The van der Waals surface area contributed by atoms with Gasteiger partial charge in [-0.15, -0.1) is 0 Å². The van der Waals surface area contributed by atoms with Crippen LogP contribution in [0, 0.1) is 17.1 Å². The summed E-state index contributed by atoms with van der Waals surface area (Å²) in [5.74, 6) is -0.00955. The Hall–Kier alpha value is -3.63. The molecular formula is C19H12ClFN6. The molecule has 0 aliphatic carbocycles. The summed E-state index contributed by atoms with van der Waals surface area (Å²) in [5.41, 5.74) is 2.84. The van der Waals surface area contributed by atoms with E-state index in [2.05, 4.69) is 25.6 Å². The monoisotopic (exact) mass is 378 g/mol. The maximum absolute atomic E-state index is 13.3.